The van der Waals surface area contributed by atoms with Crippen LogP contribution in [0.4, 0.5) is 11.4 Å². The average Bonchev–Trinajstić information content (AvgIpc) is 2.75. The standard InChI is InChI=1S/C20H20N2O8/c1-27-16-11-18(29-3)17(28-2)10-13(16)4-9-20(24)30-12-19(23)21-14-5-7-15(8-6-14)22(25)26/h4-11H,12H2,1-3H3,(H,21,23)/b9-4-. The molecule has 10 heteroatoms. The molecule has 2 aromatic rings. The third kappa shape index (κ3) is 5.96. The van der Waals surface area contributed by atoms with Gasteiger partial charge in [-0.3, -0.25) is 14.9 Å². The Hall–Kier alpha value is -4.08. The van der Waals surface area contributed by atoms with Crippen LogP contribution in [0.5, 0.6) is 17.2 Å². The molecule has 0 atom stereocenters. The lowest BCUT2D eigenvalue weighted by atomic mass is 10.1. The number of nitrogens with zero attached hydrogens (tertiary/aromatic N) is 1. The predicted molar refractivity (Wildman–Crippen MR) is 108 cm³/mol. The molecule has 158 valence electrons. The number of non-ortho nitro benzene ring substituents is 1. The Morgan fingerprint density at radius 1 is 1.00 bits per heavy atom. The number of nitrogens with one attached hydrogen (secondary N) is 1. The lowest BCUT2D eigenvalue weighted by Crippen LogP contribution is -2.20. The Morgan fingerprint density at radius 3 is 2.17 bits per heavy atom. The third-order valence-corrected chi connectivity index (χ3v) is 3.84. The van der Waals surface area contributed by atoms with E-state index >= 15 is 0 Å². The van der Waals surface area contributed by atoms with E-state index in [0.717, 1.165) is 6.08 Å². The Bertz CT molecular complexity index is 954. The molecule has 0 heterocycles. The second-order valence-electron chi connectivity index (χ2n) is 5.74. The highest BCUT2D eigenvalue weighted by atomic mass is 16.6. The highest BCUT2D eigenvalue weighted by Crippen LogP contribution is 2.35. The lowest BCUT2D eigenvalue weighted by molar-refractivity contribution is -0.384. The van der Waals surface area contributed by atoms with Crippen molar-refractivity contribution in [3.8, 4) is 17.2 Å². The number of benzene rings is 2. The van der Waals surface area contributed by atoms with E-state index in [-0.39, 0.29) is 5.69 Å². The zero-order valence-electron chi connectivity index (χ0n) is 16.5. The smallest absolute Gasteiger partial charge is 0.331 e. The molecule has 0 aliphatic carbocycles. The van der Waals surface area contributed by atoms with Crippen LogP contribution >= 0.6 is 0 Å². The average molecular weight is 416 g/mol. The van der Waals surface area contributed by atoms with Crippen LogP contribution < -0.4 is 19.5 Å². The maximum Gasteiger partial charge on any atom is 0.331 e. The molecule has 1 N–H and O–H groups in total. The monoisotopic (exact) mass is 416 g/mol. The minimum atomic E-state index is -0.745. The van der Waals surface area contributed by atoms with Crippen molar-refractivity contribution in [3.63, 3.8) is 0 Å². The number of amides is 1. The molecule has 2 aromatic carbocycles. The van der Waals surface area contributed by atoms with Crippen LogP contribution in [0.25, 0.3) is 6.08 Å². The van der Waals surface area contributed by atoms with Gasteiger partial charge < -0.3 is 24.3 Å². The Labute approximate surface area is 172 Å². The molecule has 0 aliphatic heterocycles. The number of carbonyl (C=O) groups excluding carboxylic acids is 2. The van der Waals surface area contributed by atoms with Crippen LogP contribution in [-0.2, 0) is 14.3 Å². The minimum absolute atomic E-state index is 0.102. The van der Waals surface area contributed by atoms with Gasteiger partial charge in [0.05, 0.1) is 26.3 Å². The minimum Gasteiger partial charge on any atom is -0.496 e. The largest absolute Gasteiger partial charge is 0.496 e. The van der Waals surface area contributed by atoms with Gasteiger partial charge in [0.2, 0.25) is 0 Å². The van der Waals surface area contributed by atoms with Gasteiger partial charge in [-0.25, -0.2) is 4.79 Å². The number of hydrogen-bond acceptors (Lipinski definition) is 8. The molecule has 2 rings (SSSR count). The van der Waals surface area contributed by atoms with Crippen LogP contribution in [0, 0.1) is 10.1 Å². The summed E-state index contributed by atoms with van der Waals surface area (Å²) in [6.07, 6.45) is 2.60. The van der Waals surface area contributed by atoms with Gasteiger partial charge in [0, 0.05) is 35.5 Å². The van der Waals surface area contributed by atoms with Crippen molar-refractivity contribution in [2.45, 2.75) is 0 Å². The highest BCUT2D eigenvalue weighted by molar-refractivity contribution is 5.94. The van der Waals surface area contributed by atoms with E-state index in [4.69, 9.17) is 18.9 Å². The molecular weight excluding hydrogens is 396 g/mol. The second-order valence-corrected chi connectivity index (χ2v) is 5.74. The predicted octanol–water partition coefficient (Wildman–Crippen LogP) is 2.82. The van der Waals surface area contributed by atoms with Crippen LogP contribution in [0.2, 0.25) is 0 Å². The van der Waals surface area contributed by atoms with Gasteiger partial charge >= 0.3 is 5.97 Å². The summed E-state index contributed by atoms with van der Waals surface area (Å²) in [7, 11) is 4.45. The van der Waals surface area contributed by atoms with Crippen molar-refractivity contribution in [2.75, 3.05) is 33.3 Å². The molecule has 0 saturated heterocycles. The van der Waals surface area contributed by atoms with Crippen molar-refractivity contribution in [1.82, 2.24) is 0 Å². The number of carbonyl (C=O) groups is 2. The fourth-order valence-electron chi connectivity index (χ4n) is 2.39. The number of esters is 1. The zero-order chi connectivity index (χ0) is 22.1. The fourth-order valence-corrected chi connectivity index (χ4v) is 2.39. The summed E-state index contributed by atoms with van der Waals surface area (Å²) in [5, 5.41) is 13.1. The molecule has 0 spiro atoms. The maximum atomic E-state index is 11.9. The Morgan fingerprint density at radius 2 is 1.60 bits per heavy atom. The first-order valence-corrected chi connectivity index (χ1v) is 8.57. The van der Waals surface area contributed by atoms with Crippen LogP contribution in [0.3, 0.4) is 0 Å². The van der Waals surface area contributed by atoms with Crippen molar-refractivity contribution in [1.29, 1.82) is 0 Å². The molecule has 0 radical (unpaired) electrons. The fraction of sp³-hybridized carbons (Fsp3) is 0.200. The number of ether oxygens (including phenoxy) is 4. The topological polar surface area (TPSA) is 126 Å². The first-order chi connectivity index (χ1) is 14.4. The van der Waals surface area contributed by atoms with E-state index in [1.807, 2.05) is 0 Å². The number of rotatable bonds is 9. The molecule has 0 aromatic heterocycles. The van der Waals surface area contributed by atoms with Gasteiger partial charge in [-0.1, -0.05) is 0 Å². The van der Waals surface area contributed by atoms with Gasteiger partial charge in [-0.05, 0) is 24.3 Å². The molecule has 30 heavy (non-hydrogen) atoms. The van der Waals surface area contributed by atoms with Gasteiger partial charge in [0.15, 0.2) is 18.1 Å². The van der Waals surface area contributed by atoms with Crippen molar-refractivity contribution >= 4 is 29.3 Å². The van der Waals surface area contributed by atoms with Crippen molar-refractivity contribution < 1.29 is 33.5 Å². The molecule has 0 aliphatic rings. The van der Waals surface area contributed by atoms with Gasteiger partial charge in [0.1, 0.15) is 5.75 Å². The van der Waals surface area contributed by atoms with Gasteiger partial charge in [0.25, 0.3) is 11.6 Å². The molecule has 1 amide bonds. The van der Waals surface area contributed by atoms with E-state index < -0.39 is 23.4 Å². The first-order valence-electron chi connectivity index (χ1n) is 8.57. The summed E-state index contributed by atoms with van der Waals surface area (Å²) >= 11 is 0. The summed E-state index contributed by atoms with van der Waals surface area (Å²) < 4.78 is 20.6. The Balaban J connectivity index is 1.94. The summed E-state index contributed by atoms with van der Waals surface area (Å²) in [5.74, 6) is 0.0402. The number of anilines is 1. The molecule has 0 fully saturated rings. The van der Waals surface area contributed by atoms with Gasteiger partial charge in [-0.2, -0.15) is 0 Å². The normalized spacial score (nSPS) is 10.4. The van der Waals surface area contributed by atoms with Crippen LogP contribution in [0.15, 0.2) is 42.5 Å². The summed E-state index contributed by atoms with van der Waals surface area (Å²) in [5.41, 5.74) is 0.782. The summed E-state index contributed by atoms with van der Waals surface area (Å²) in [6, 6.07) is 8.49. The second kappa shape index (κ2) is 10.5. The molecule has 0 bridgehead atoms. The highest BCUT2D eigenvalue weighted by Gasteiger charge is 2.11. The van der Waals surface area contributed by atoms with E-state index in [1.54, 1.807) is 12.1 Å². The van der Waals surface area contributed by atoms with Gasteiger partial charge in [-0.15, -0.1) is 0 Å². The van der Waals surface area contributed by atoms with E-state index in [9.17, 15) is 19.7 Å². The van der Waals surface area contributed by atoms with Crippen LogP contribution in [0.1, 0.15) is 5.56 Å². The third-order valence-electron chi connectivity index (χ3n) is 3.84. The first kappa shape index (κ1) is 22.2. The quantitative estimate of drug-likeness (QED) is 0.286. The summed E-state index contributed by atoms with van der Waals surface area (Å²) in [4.78, 5) is 33.8. The van der Waals surface area contributed by atoms with Crippen molar-refractivity contribution in [3.05, 3.63) is 58.2 Å². The number of hydrogen-bond donors (Lipinski definition) is 1. The number of nitro groups is 1. The number of nitro benzene ring substituents is 1. The van der Waals surface area contributed by atoms with Crippen molar-refractivity contribution in [2.24, 2.45) is 0 Å². The molecular formula is C20H20N2O8. The van der Waals surface area contributed by atoms with Crippen LogP contribution in [-0.4, -0.2) is 44.7 Å². The number of methoxy groups -OCH3 is 3. The van der Waals surface area contributed by atoms with E-state index in [1.165, 1.54) is 51.7 Å². The SMILES string of the molecule is COc1cc(OC)c(OC)cc1/C=C\C(=O)OCC(=O)Nc1ccc([N+](=O)[O-])cc1. The Kier molecular flexibility index (Phi) is 7.74. The van der Waals surface area contributed by atoms with E-state index in [2.05, 4.69) is 5.32 Å². The lowest BCUT2D eigenvalue weighted by Gasteiger charge is -2.12. The zero-order valence-corrected chi connectivity index (χ0v) is 16.5. The molecule has 10 nitrogen and oxygen atoms in total. The molecule has 0 saturated carbocycles. The summed E-state index contributed by atoms with van der Waals surface area (Å²) in [6.45, 7) is -0.525. The molecule has 0 unspecified atom stereocenters. The van der Waals surface area contributed by atoms with E-state index in [0.29, 0.717) is 28.5 Å². The maximum absolute atomic E-state index is 11.9.